The Labute approximate surface area is 135 Å². The van der Waals surface area contributed by atoms with Gasteiger partial charge in [-0.1, -0.05) is 51.1 Å². The lowest BCUT2D eigenvalue weighted by atomic mass is 9.87. The maximum Gasteiger partial charge on any atom is 0.242 e. The molecule has 104 valence electrons. The second kappa shape index (κ2) is 4.91. The molecule has 2 heterocycles. The number of para-hydroxylation sites is 1. The van der Waals surface area contributed by atoms with Gasteiger partial charge in [0.25, 0.3) is 0 Å². The van der Waals surface area contributed by atoms with Crippen molar-refractivity contribution in [2.45, 2.75) is 19.4 Å². The Bertz CT molecular complexity index is 747. The zero-order valence-electron chi connectivity index (χ0n) is 11.0. The van der Waals surface area contributed by atoms with E-state index in [9.17, 15) is 4.79 Å². The highest BCUT2D eigenvalue weighted by molar-refractivity contribution is 7.80. The Kier molecular flexibility index (Phi) is 3.49. The molecule has 0 bridgehead atoms. The van der Waals surface area contributed by atoms with Crippen molar-refractivity contribution >= 4 is 56.1 Å². The zero-order chi connectivity index (χ0) is 14.5. The number of hydrogen-bond donors (Lipinski definition) is 0. The molecule has 0 N–H and O–H groups in total. The van der Waals surface area contributed by atoms with Crippen LogP contribution >= 0.6 is 44.5 Å². The standard InChI is InChI=1S/C14H12ClNOS3/c1-14(2)12-11(13(18)20-19-12)8-5-3-4-6-9(8)16(14)10(17)7-15/h3-6H,7H2,1-2H3. The van der Waals surface area contributed by atoms with E-state index in [2.05, 4.69) is 0 Å². The third kappa shape index (κ3) is 1.88. The van der Waals surface area contributed by atoms with Crippen LogP contribution in [0.5, 0.6) is 0 Å². The van der Waals surface area contributed by atoms with Crippen LogP contribution in [-0.4, -0.2) is 11.8 Å². The van der Waals surface area contributed by atoms with E-state index >= 15 is 0 Å². The Morgan fingerprint density at radius 1 is 1.35 bits per heavy atom. The molecule has 1 aliphatic heterocycles. The number of hydrogen-bond acceptors (Lipinski definition) is 4. The quantitative estimate of drug-likeness (QED) is 0.412. The number of nitrogens with zero attached hydrogens (tertiary/aromatic N) is 1. The number of amides is 1. The predicted octanol–water partition coefficient (Wildman–Crippen LogP) is 5.03. The van der Waals surface area contributed by atoms with Gasteiger partial charge in [-0.15, -0.1) is 11.6 Å². The van der Waals surface area contributed by atoms with Gasteiger partial charge in [-0.2, -0.15) is 0 Å². The average Bonchev–Trinajstić information content (AvgIpc) is 2.81. The molecule has 0 spiro atoms. The smallest absolute Gasteiger partial charge is 0.242 e. The third-order valence-electron chi connectivity index (χ3n) is 3.52. The highest BCUT2D eigenvalue weighted by atomic mass is 35.5. The molecule has 0 unspecified atom stereocenters. The molecule has 6 heteroatoms. The fourth-order valence-electron chi connectivity index (χ4n) is 2.68. The highest BCUT2D eigenvalue weighted by Gasteiger charge is 2.42. The van der Waals surface area contributed by atoms with Crippen LogP contribution in [0.2, 0.25) is 0 Å². The van der Waals surface area contributed by atoms with Crippen LogP contribution in [-0.2, 0) is 10.3 Å². The van der Waals surface area contributed by atoms with E-state index in [1.54, 1.807) is 25.6 Å². The largest absolute Gasteiger partial charge is 0.300 e. The molecular formula is C14H12ClNOS3. The number of carbonyl (C=O) groups is 1. The van der Waals surface area contributed by atoms with Gasteiger partial charge in [0.05, 0.1) is 16.1 Å². The number of alkyl halides is 1. The molecule has 1 amide bonds. The summed E-state index contributed by atoms with van der Waals surface area (Å²) in [5, 5.41) is 0. The first-order valence-corrected chi connectivity index (χ1v) is 9.19. The van der Waals surface area contributed by atoms with E-state index in [4.69, 9.17) is 23.8 Å². The molecule has 20 heavy (non-hydrogen) atoms. The van der Waals surface area contributed by atoms with Crippen molar-refractivity contribution in [3.8, 4) is 11.1 Å². The van der Waals surface area contributed by atoms with Crippen molar-refractivity contribution in [3.05, 3.63) is 33.0 Å². The van der Waals surface area contributed by atoms with Crippen LogP contribution < -0.4 is 4.90 Å². The summed E-state index contributed by atoms with van der Waals surface area (Å²) in [6, 6.07) is 7.89. The summed E-state index contributed by atoms with van der Waals surface area (Å²) in [7, 11) is 3.25. The van der Waals surface area contributed by atoms with Gasteiger partial charge in [0.2, 0.25) is 5.91 Å². The lowest BCUT2D eigenvalue weighted by Crippen LogP contribution is -2.48. The Morgan fingerprint density at radius 2 is 2.05 bits per heavy atom. The second-order valence-electron chi connectivity index (χ2n) is 5.10. The maximum atomic E-state index is 12.3. The number of carbonyl (C=O) groups excluding carboxylic acids is 1. The van der Waals surface area contributed by atoms with Crippen molar-refractivity contribution in [2.75, 3.05) is 10.8 Å². The number of halogens is 1. The van der Waals surface area contributed by atoms with Gasteiger partial charge in [-0.25, -0.2) is 0 Å². The number of anilines is 1. The van der Waals surface area contributed by atoms with Gasteiger partial charge in [0.1, 0.15) is 9.70 Å². The molecular weight excluding hydrogens is 330 g/mol. The first-order valence-electron chi connectivity index (χ1n) is 6.10. The van der Waals surface area contributed by atoms with E-state index < -0.39 is 5.54 Å². The van der Waals surface area contributed by atoms with Crippen LogP contribution in [0.25, 0.3) is 11.1 Å². The van der Waals surface area contributed by atoms with Gasteiger partial charge in [-0.05, 0) is 19.9 Å². The minimum Gasteiger partial charge on any atom is -0.300 e. The number of fused-ring (bicyclic) bond motifs is 3. The average molecular weight is 342 g/mol. The normalized spacial score (nSPS) is 15.7. The molecule has 3 rings (SSSR count). The first-order chi connectivity index (χ1) is 9.48. The first kappa shape index (κ1) is 14.2. The minimum atomic E-state index is -0.423. The van der Waals surface area contributed by atoms with E-state index in [1.165, 1.54) is 0 Å². The maximum absolute atomic E-state index is 12.3. The summed E-state index contributed by atoms with van der Waals surface area (Å²) in [5.74, 6) is -0.109. The van der Waals surface area contributed by atoms with Crippen molar-refractivity contribution in [3.63, 3.8) is 0 Å². The van der Waals surface area contributed by atoms with E-state index in [-0.39, 0.29) is 11.8 Å². The van der Waals surface area contributed by atoms with Crippen molar-refractivity contribution in [1.29, 1.82) is 0 Å². The Hall–Kier alpha value is -0.750. The monoisotopic (exact) mass is 341 g/mol. The second-order valence-corrected chi connectivity index (χ2v) is 8.18. The number of rotatable bonds is 1. The summed E-state index contributed by atoms with van der Waals surface area (Å²) < 4.78 is 0.892. The lowest BCUT2D eigenvalue weighted by molar-refractivity contribution is -0.117. The summed E-state index contributed by atoms with van der Waals surface area (Å²) in [4.78, 5) is 15.3. The molecule has 0 atom stereocenters. The SMILES string of the molecule is CC1(C)c2ssc(=S)c2-c2ccccc2N1C(=O)CCl. The fraction of sp³-hybridized carbons (Fsp3) is 0.286. The number of benzene rings is 1. The van der Waals surface area contributed by atoms with Crippen LogP contribution in [0, 0.1) is 3.82 Å². The van der Waals surface area contributed by atoms with Crippen molar-refractivity contribution in [2.24, 2.45) is 0 Å². The van der Waals surface area contributed by atoms with Gasteiger partial charge < -0.3 is 4.90 Å². The Balaban J connectivity index is 2.37. The van der Waals surface area contributed by atoms with Crippen molar-refractivity contribution < 1.29 is 4.79 Å². The molecule has 2 aromatic rings. The van der Waals surface area contributed by atoms with Crippen LogP contribution in [0.4, 0.5) is 5.69 Å². The summed E-state index contributed by atoms with van der Waals surface area (Å²) in [6.45, 7) is 4.09. The zero-order valence-corrected chi connectivity index (χ0v) is 14.2. The summed E-state index contributed by atoms with van der Waals surface area (Å²) in [6.07, 6.45) is 0. The van der Waals surface area contributed by atoms with Crippen LogP contribution in [0.1, 0.15) is 18.7 Å². The Morgan fingerprint density at radius 3 is 2.75 bits per heavy atom. The molecule has 1 aliphatic rings. The molecule has 0 fully saturated rings. The lowest BCUT2D eigenvalue weighted by Gasteiger charge is -2.42. The minimum absolute atomic E-state index is 0.0252. The van der Waals surface area contributed by atoms with Gasteiger partial charge in [0.15, 0.2) is 0 Å². The molecule has 2 nitrogen and oxygen atoms in total. The fourth-order valence-corrected chi connectivity index (χ4v) is 6.08. The van der Waals surface area contributed by atoms with Crippen molar-refractivity contribution in [1.82, 2.24) is 0 Å². The molecule has 0 saturated carbocycles. The molecule has 1 aromatic carbocycles. The van der Waals surface area contributed by atoms with Crippen LogP contribution in [0.15, 0.2) is 24.3 Å². The topological polar surface area (TPSA) is 20.3 Å². The molecule has 0 saturated heterocycles. The van der Waals surface area contributed by atoms with E-state index in [1.807, 2.05) is 38.1 Å². The predicted molar refractivity (Wildman–Crippen MR) is 89.7 cm³/mol. The van der Waals surface area contributed by atoms with Gasteiger partial charge >= 0.3 is 0 Å². The van der Waals surface area contributed by atoms with E-state index in [0.29, 0.717) is 0 Å². The molecule has 1 aromatic heterocycles. The highest BCUT2D eigenvalue weighted by Crippen LogP contribution is 2.51. The summed E-state index contributed by atoms with van der Waals surface area (Å²) >= 11 is 11.3. The molecule has 0 radical (unpaired) electrons. The third-order valence-corrected chi connectivity index (χ3v) is 7.08. The summed E-state index contributed by atoms with van der Waals surface area (Å²) in [5.41, 5.74) is 2.61. The van der Waals surface area contributed by atoms with Gasteiger partial charge in [-0.3, -0.25) is 4.79 Å². The van der Waals surface area contributed by atoms with E-state index in [0.717, 1.165) is 25.5 Å². The molecule has 0 aliphatic carbocycles. The van der Waals surface area contributed by atoms with Gasteiger partial charge in [0, 0.05) is 11.1 Å². The van der Waals surface area contributed by atoms with Crippen LogP contribution in [0.3, 0.4) is 0 Å².